The van der Waals surface area contributed by atoms with Gasteiger partial charge in [-0.2, -0.15) is 0 Å². The molecule has 116 valence electrons. The second kappa shape index (κ2) is 7.61. The van der Waals surface area contributed by atoms with Crippen molar-refractivity contribution in [3.8, 4) is 0 Å². The van der Waals surface area contributed by atoms with E-state index in [-0.39, 0.29) is 11.8 Å². The van der Waals surface area contributed by atoms with E-state index < -0.39 is 0 Å². The largest absolute Gasteiger partial charge is 0.378 e. The zero-order chi connectivity index (χ0) is 15.9. The maximum Gasteiger partial charge on any atom is 0.261 e. The summed E-state index contributed by atoms with van der Waals surface area (Å²) in [6.07, 6.45) is 0. The molecule has 22 heavy (non-hydrogen) atoms. The van der Waals surface area contributed by atoms with Crippen molar-refractivity contribution in [3.63, 3.8) is 0 Å². The lowest BCUT2D eigenvalue weighted by Gasteiger charge is -2.12. The minimum Gasteiger partial charge on any atom is -0.378 e. The Balaban J connectivity index is 1.74. The lowest BCUT2D eigenvalue weighted by molar-refractivity contribution is 0.0929. The molecule has 2 rings (SSSR count). The highest BCUT2D eigenvalue weighted by molar-refractivity contribution is 7.12. The van der Waals surface area contributed by atoms with Crippen LogP contribution in [0.3, 0.4) is 0 Å². The average molecular weight is 317 g/mol. The summed E-state index contributed by atoms with van der Waals surface area (Å²) in [5, 5.41) is 7.41. The highest BCUT2D eigenvalue weighted by Gasteiger charge is 2.07. The van der Waals surface area contributed by atoms with Gasteiger partial charge in [0.1, 0.15) is 0 Å². The summed E-state index contributed by atoms with van der Waals surface area (Å²) in [7, 11) is 3.90. The highest BCUT2D eigenvalue weighted by atomic mass is 32.1. The number of nitrogens with zero attached hydrogens (tertiary/aromatic N) is 1. The van der Waals surface area contributed by atoms with E-state index in [9.17, 15) is 9.59 Å². The summed E-state index contributed by atoms with van der Waals surface area (Å²) >= 11 is 1.39. The van der Waals surface area contributed by atoms with E-state index >= 15 is 0 Å². The van der Waals surface area contributed by atoms with E-state index in [0.29, 0.717) is 23.5 Å². The quantitative estimate of drug-likeness (QED) is 0.801. The number of anilines is 1. The highest BCUT2D eigenvalue weighted by Crippen LogP contribution is 2.12. The Kier molecular flexibility index (Phi) is 5.55. The van der Waals surface area contributed by atoms with Crippen LogP contribution in [0.25, 0.3) is 0 Å². The van der Waals surface area contributed by atoms with Crippen molar-refractivity contribution in [2.75, 3.05) is 32.1 Å². The molecule has 0 aliphatic rings. The first-order chi connectivity index (χ1) is 10.6. The smallest absolute Gasteiger partial charge is 0.261 e. The fourth-order valence-electron chi connectivity index (χ4n) is 1.86. The van der Waals surface area contributed by atoms with Gasteiger partial charge in [-0.05, 0) is 35.7 Å². The number of hydrogen-bond donors (Lipinski definition) is 2. The molecular weight excluding hydrogens is 298 g/mol. The SMILES string of the molecule is CN(C)c1ccc(C(=O)NCCNC(=O)c2cccs2)cc1. The molecule has 0 aliphatic carbocycles. The molecule has 0 bridgehead atoms. The first kappa shape index (κ1) is 16.0. The first-order valence-corrected chi connectivity index (χ1v) is 7.83. The third kappa shape index (κ3) is 4.33. The summed E-state index contributed by atoms with van der Waals surface area (Å²) in [6, 6.07) is 11.0. The minimum atomic E-state index is -0.143. The maximum atomic E-state index is 12.0. The van der Waals surface area contributed by atoms with Gasteiger partial charge in [0.2, 0.25) is 0 Å². The molecular formula is C16H19N3O2S. The molecule has 0 spiro atoms. The Morgan fingerprint density at radius 1 is 1.00 bits per heavy atom. The first-order valence-electron chi connectivity index (χ1n) is 6.95. The minimum absolute atomic E-state index is 0.111. The number of nitrogens with one attached hydrogen (secondary N) is 2. The molecule has 2 aromatic rings. The van der Waals surface area contributed by atoms with E-state index in [1.807, 2.05) is 42.6 Å². The van der Waals surface area contributed by atoms with Crippen molar-refractivity contribution in [3.05, 3.63) is 52.2 Å². The van der Waals surface area contributed by atoms with Crippen molar-refractivity contribution in [1.82, 2.24) is 10.6 Å². The summed E-state index contributed by atoms with van der Waals surface area (Å²) in [5.41, 5.74) is 1.65. The number of rotatable bonds is 6. The monoisotopic (exact) mass is 317 g/mol. The maximum absolute atomic E-state index is 12.0. The van der Waals surface area contributed by atoms with Crippen molar-refractivity contribution < 1.29 is 9.59 Å². The van der Waals surface area contributed by atoms with E-state index in [0.717, 1.165) is 5.69 Å². The topological polar surface area (TPSA) is 61.4 Å². The fourth-order valence-corrected chi connectivity index (χ4v) is 2.50. The van der Waals surface area contributed by atoms with Gasteiger partial charge in [-0.25, -0.2) is 0 Å². The summed E-state index contributed by atoms with van der Waals surface area (Å²) < 4.78 is 0. The van der Waals surface area contributed by atoms with Crippen LogP contribution in [0.5, 0.6) is 0 Å². The summed E-state index contributed by atoms with van der Waals surface area (Å²) in [5.74, 6) is -0.254. The molecule has 1 aromatic carbocycles. The van der Waals surface area contributed by atoms with E-state index in [1.54, 1.807) is 18.2 Å². The Hall–Kier alpha value is -2.34. The molecule has 1 aromatic heterocycles. The molecule has 5 nitrogen and oxygen atoms in total. The zero-order valence-electron chi connectivity index (χ0n) is 12.6. The molecule has 1 heterocycles. The molecule has 0 aliphatic heterocycles. The van der Waals surface area contributed by atoms with Crippen LogP contribution in [0, 0.1) is 0 Å². The van der Waals surface area contributed by atoms with Gasteiger partial charge in [0.25, 0.3) is 11.8 Å². The van der Waals surface area contributed by atoms with Gasteiger partial charge in [-0.1, -0.05) is 6.07 Å². The van der Waals surface area contributed by atoms with Crippen molar-refractivity contribution in [2.45, 2.75) is 0 Å². The van der Waals surface area contributed by atoms with Crippen molar-refractivity contribution in [2.24, 2.45) is 0 Å². The van der Waals surface area contributed by atoms with Crippen LogP contribution in [0.4, 0.5) is 5.69 Å². The molecule has 0 saturated carbocycles. The van der Waals surface area contributed by atoms with Gasteiger partial charge in [0.15, 0.2) is 0 Å². The lowest BCUT2D eigenvalue weighted by Crippen LogP contribution is -2.34. The van der Waals surface area contributed by atoms with Crippen LogP contribution < -0.4 is 15.5 Å². The number of thiophene rings is 1. The van der Waals surface area contributed by atoms with E-state index in [1.165, 1.54) is 11.3 Å². The van der Waals surface area contributed by atoms with Gasteiger partial charge < -0.3 is 15.5 Å². The van der Waals surface area contributed by atoms with Crippen molar-refractivity contribution >= 4 is 28.8 Å². The molecule has 0 radical (unpaired) electrons. The predicted octanol–water partition coefficient (Wildman–Crippen LogP) is 1.97. The lowest BCUT2D eigenvalue weighted by atomic mass is 10.2. The van der Waals surface area contributed by atoms with Crippen LogP contribution in [-0.4, -0.2) is 39.0 Å². The van der Waals surface area contributed by atoms with Crippen LogP contribution >= 0.6 is 11.3 Å². The second-order valence-corrected chi connectivity index (χ2v) is 5.88. The van der Waals surface area contributed by atoms with E-state index in [2.05, 4.69) is 10.6 Å². The van der Waals surface area contributed by atoms with E-state index in [4.69, 9.17) is 0 Å². The van der Waals surface area contributed by atoms with Crippen LogP contribution in [-0.2, 0) is 0 Å². The van der Waals surface area contributed by atoms with Crippen LogP contribution in [0.1, 0.15) is 20.0 Å². The molecule has 0 atom stereocenters. The normalized spacial score (nSPS) is 10.1. The van der Waals surface area contributed by atoms with Gasteiger partial charge in [-0.3, -0.25) is 9.59 Å². The standard InChI is InChI=1S/C16H19N3O2S/c1-19(2)13-7-5-12(6-8-13)15(20)17-9-10-18-16(21)14-4-3-11-22-14/h3-8,11H,9-10H2,1-2H3,(H,17,20)(H,18,21). The van der Waals surface area contributed by atoms with Gasteiger partial charge in [0, 0.05) is 38.4 Å². The van der Waals surface area contributed by atoms with Gasteiger partial charge >= 0.3 is 0 Å². The number of hydrogen-bond acceptors (Lipinski definition) is 4. The fraction of sp³-hybridized carbons (Fsp3) is 0.250. The Morgan fingerprint density at radius 2 is 1.64 bits per heavy atom. The predicted molar refractivity (Wildman–Crippen MR) is 89.8 cm³/mol. The molecule has 2 amide bonds. The van der Waals surface area contributed by atoms with Crippen LogP contribution in [0.2, 0.25) is 0 Å². The van der Waals surface area contributed by atoms with Gasteiger partial charge in [-0.15, -0.1) is 11.3 Å². The Morgan fingerprint density at radius 3 is 2.18 bits per heavy atom. The number of benzene rings is 1. The molecule has 2 N–H and O–H groups in total. The molecule has 6 heteroatoms. The van der Waals surface area contributed by atoms with Crippen LogP contribution in [0.15, 0.2) is 41.8 Å². The number of amides is 2. The Labute approximate surface area is 134 Å². The summed E-state index contributed by atoms with van der Waals surface area (Å²) in [6.45, 7) is 0.795. The molecule has 0 fully saturated rings. The van der Waals surface area contributed by atoms with Gasteiger partial charge in [0.05, 0.1) is 4.88 Å². The average Bonchev–Trinajstić information content (AvgIpc) is 3.05. The van der Waals surface area contributed by atoms with Crippen molar-refractivity contribution in [1.29, 1.82) is 0 Å². The third-order valence-corrected chi connectivity index (χ3v) is 3.96. The molecule has 0 saturated heterocycles. The zero-order valence-corrected chi connectivity index (χ0v) is 13.4. The number of carbonyl (C=O) groups excluding carboxylic acids is 2. The summed E-state index contributed by atoms with van der Waals surface area (Å²) in [4.78, 5) is 26.3. The Bertz CT molecular complexity index is 621. The molecule has 0 unspecified atom stereocenters. The third-order valence-electron chi connectivity index (χ3n) is 3.09. The second-order valence-electron chi connectivity index (χ2n) is 4.93. The number of carbonyl (C=O) groups is 2.